The van der Waals surface area contributed by atoms with Crippen molar-refractivity contribution in [3.05, 3.63) is 35.6 Å². The van der Waals surface area contributed by atoms with Crippen molar-refractivity contribution in [2.45, 2.75) is 77.6 Å². The van der Waals surface area contributed by atoms with Gasteiger partial charge in [-0.25, -0.2) is 4.39 Å². The summed E-state index contributed by atoms with van der Waals surface area (Å²) in [6.07, 6.45) is 10.1. The van der Waals surface area contributed by atoms with E-state index in [0.29, 0.717) is 0 Å². The molecule has 0 N–H and O–H groups in total. The molecule has 1 aromatic rings. The highest BCUT2D eigenvalue weighted by atomic mass is 19.1. The molecule has 0 spiro atoms. The molecular weight excluding hydrogens is 235 g/mol. The van der Waals surface area contributed by atoms with Gasteiger partial charge in [-0.3, -0.25) is 0 Å². The molecule has 0 aliphatic heterocycles. The molecule has 1 heteroatoms. The minimum absolute atomic E-state index is 0.131. The van der Waals surface area contributed by atoms with Gasteiger partial charge in [-0.05, 0) is 36.0 Å². The van der Waals surface area contributed by atoms with Gasteiger partial charge in [0.25, 0.3) is 0 Å². The van der Waals surface area contributed by atoms with Crippen LogP contribution in [-0.4, -0.2) is 0 Å². The van der Waals surface area contributed by atoms with Gasteiger partial charge in [-0.15, -0.1) is 0 Å². The van der Waals surface area contributed by atoms with Gasteiger partial charge in [-0.1, -0.05) is 71.4 Å². The van der Waals surface area contributed by atoms with Crippen molar-refractivity contribution in [3.8, 4) is 0 Å². The highest BCUT2D eigenvalue weighted by Crippen LogP contribution is 2.35. The quantitative estimate of drug-likeness (QED) is 0.463. The van der Waals surface area contributed by atoms with Gasteiger partial charge < -0.3 is 0 Å². The third-order valence-corrected chi connectivity index (χ3v) is 4.21. The zero-order chi connectivity index (χ0) is 14.1. The lowest BCUT2D eigenvalue weighted by atomic mass is 9.74. The van der Waals surface area contributed by atoms with Crippen LogP contribution in [0.1, 0.15) is 77.7 Å². The first-order valence-electron chi connectivity index (χ1n) is 7.88. The van der Waals surface area contributed by atoms with Crippen molar-refractivity contribution < 1.29 is 4.39 Å². The Hall–Kier alpha value is -0.850. The van der Waals surface area contributed by atoms with E-state index in [1.165, 1.54) is 56.9 Å². The predicted molar refractivity (Wildman–Crippen MR) is 82.0 cm³/mol. The molecule has 19 heavy (non-hydrogen) atoms. The molecule has 0 bridgehead atoms. The van der Waals surface area contributed by atoms with Crippen LogP contribution >= 0.6 is 0 Å². The number of unbranched alkanes of at least 4 members (excludes halogenated alkanes) is 4. The smallest absolute Gasteiger partial charge is 0.123 e. The van der Waals surface area contributed by atoms with Crippen LogP contribution < -0.4 is 0 Å². The molecule has 1 rings (SSSR count). The average molecular weight is 264 g/mol. The molecule has 1 aromatic carbocycles. The first-order chi connectivity index (χ1) is 9.12. The fourth-order valence-corrected chi connectivity index (χ4v) is 2.80. The minimum atomic E-state index is -0.131. The second-order valence-electron chi connectivity index (χ2n) is 5.98. The van der Waals surface area contributed by atoms with E-state index in [-0.39, 0.29) is 11.2 Å². The summed E-state index contributed by atoms with van der Waals surface area (Å²) in [5.74, 6) is -0.131. The Morgan fingerprint density at radius 1 is 0.842 bits per heavy atom. The monoisotopic (exact) mass is 264 g/mol. The molecule has 0 saturated heterocycles. The molecule has 0 aliphatic rings. The van der Waals surface area contributed by atoms with E-state index >= 15 is 0 Å². The van der Waals surface area contributed by atoms with Crippen LogP contribution in [0.15, 0.2) is 24.3 Å². The number of benzene rings is 1. The summed E-state index contributed by atoms with van der Waals surface area (Å²) in [5.41, 5.74) is 1.53. The second kappa shape index (κ2) is 8.35. The fraction of sp³-hybridized carbons (Fsp3) is 0.667. The van der Waals surface area contributed by atoms with Crippen molar-refractivity contribution in [3.63, 3.8) is 0 Å². The highest BCUT2D eigenvalue weighted by Gasteiger charge is 2.25. The molecule has 0 nitrogen and oxygen atoms in total. The van der Waals surface area contributed by atoms with E-state index in [0.717, 1.165) is 0 Å². The summed E-state index contributed by atoms with van der Waals surface area (Å²) in [6, 6.07) is 7.17. The molecule has 0 aliphatic carbocycles. The number of hydrogen-bond donors (Lipinski definition) is 0. The van der Waals surface area contributed by atoms with Gasteiger partial charge in [0.1, 0.15) is 5.82 Å². The molecule has 0 fully saturated rings. The van der Waals surface area contributed by atoms with E-state index in [1.807, 2.05) is 12.1 Å². The number of rotatable bonds is 9. The zero-order valence-electron chi connectivity index (χ0n) is 12.8. The third kappa shape index (κ3) is 5.34. The van der Waals surface area contributed by atoms with Gasteiger partial charge in [0.15, 0.2) is 0 Å². The van der Waals surface area contributed by atoms with E-state index in [1.54, 1.807) is 12.1 Å². The average Bonchev–Trinajstić information content (AvgIpc) is 2.40. The maximum Gasteiger partial charge on any atom is 0.123 e. The summed E-state index contributed by atoms with van der Waals surface area (Å²) in [5, 5.41) is 0. The van der Waals surface area contributed by atoms with Crippen molar-refractivity contribution in [2.75, 3.05) is 0 Å². The van der Waals surface area contributed by atoms with Crippen molar-refractivity contribution in [1.29, 1.82) is 0 Å². The number of halogens is 1. The molecule has 0 atom stereocenters. The van der Waals surface area contributed by atoms with Crippen molar-refractivity contribution >= 4 is 0 Å². The second-order valence-corrected chi connectivity index (χ2v) is 5.98. The molecule has 0 aromatic heterocycles. The van der Waals surface area contributed by atoms with Gasteiger partial charge in [0, 0.05) is 0 Å². The SMILES string of the molecule is CCCCCC(C)(CCCCC)c1ccc(F)cc1. The Kier molecular flexibility index (Phi) is 7.12. The van der Waals surface area contributed by atoms with Gasteiger partial charge >= 0.3 is 0 Å². The largest absolute Gasteiger partial charge is 0.207 e. The lowest BCUT2D eigenvalue weighted by molar-refractivity contribution is 0.367. The molecule has 0 heterocycles. The van der Waals surface area contributed by atoms with Gasteiger partial charge in [0.05, 0.1) is 0 Å². The normalized spacial score (nSPS) is 11.8. The maximum atomic E-state index is 13.1. The van der Waals surface area contributed by atoms with Gasteiger partial charge in [0.2, 0.25) is 0 Å². The lowest BCUT2D eigenvalue weighted by Gasteiger charge is -2.30. The summed E-state index contributed by atoms with van der Waals surface area (Å²) in [4.78, 5) is 0. The standard InChI is InChI=1S/C18H29F/c1-4-6-8-14-18(3,15-9-7-5-2)16-10-12-17(19)13-11-16/h10-13H,4-9,14-15H2,1-3H3. The molecule has 108 valence electrons. The summed E-state index contributed by atoms with van der Waals surface area (Å²) in [6.45, 7) is 6.84. The summed E-state index contributed by atoms with van der Waals surface area (Å²) < 4.78 is 13.1. The van der Waals surface area contributed by atoms with E-state index in [9.17, 15) is 4.39 Å². The zero-order valence-corrected chi connectivity index (χ0v) is 12.8. The van der Waals surface area contributed by atoms with Crippen LogP contribution in [0.3, 0.4) is 0 Å². The third-order valence-electron chi connectivity index (χ3n) is 4.21. The Labute approximate surface area is 118 Å². The predicted octanol–water partition coefficient (Wildman–Crippen LogP) is 6.24. The summed E-state index contributed by atoms with van der Waals surface area (Å²) >= 11 is 0. The molecular formula is C18H29F. The van der Waals surface area contributed by atoms with Crippen LogP contribution in [0.25, 0.3) is 0 Å². The highest BCUT2D eigenvalue weighted by molar-refractivity contribution is 5.25. The van der Waals surface area contributed by atoms with Crippen LogP contribution in [0, 0.1) is 5.82 Å². The van der Waals surface area contributed by atoms with Crippen LogP contribution in [0.4, 0.5) is 4.39 Å². The fourth-order valence-electron chi connectivity index (χ4n) is 2.80. The molecule has 0 amide bonds. The van der Waals surface area contributed by atoms with Crippen LogP contribution in [-0.2, 0) is 5.41 Å². The van der Waals surface area contributed by atoms with Crippen molar-refractivity contribution in [1.82, 2.24) is 0 Å². The van der Waals surface area contributed by atoms with Crippen molar-refractivity contribution in [2.24, 2.45) is 0 Å². The minimum Gasteiger partial charge on any atom is -0.207 e. The van der Waals surface area contributed by atoms with Crippen LogP contribution in [0.5, 0.6) is 0 Å². The Morgan fingerprint density at radius 2 is 1.32 bits per heavy atom. The maximum absolute atomic E-state index is 13.1. The summed E-state index contributed by atoms with van der Waals surface area (Å²) in [7, 11) is 0. The number of hydrogen-bond acceptors (Lipinski definition) is 0. The van der Waals surface area contributed by atoms with Gasteiger partial charge in [-0.2, -0.15) is 0 Å². The molecule has 0 unspecified atom stereocenters. The topological polar surface area (TPSA) is 0 Å². The first-order valence-corrected chi connectivity index (χ1v) is 7.88. The molecule has 0 radical (unpaired) electrons. The Morgan fingerprint density at radius 3 is 1.74 bits per heavy atom. The molecule has 0 saturated carbocycles. The van der Waals surface area contributed by atoms with E-state index in [4.69, 9.17) is 0 Å². The lowest BCUT2D eigenvalue weighted by Crippen LogP contribution is -2.22. The Balaban J connectivity index is 2.74. The Bertz CT molecular complexity index is 329. The van der Waals surface area contributed by atoms with E-state index < -0.39 is 0 Å². The first kappa shape index (κ1) is 16.2. The van der Waals surface area contributed by atoms with Crippen LogP contribution in [0.2, 0.25) is 0 Å². The van der Waals surface area contributed by atoms with E-state index in [2.05, 4.69) is 20.8 Å².